The minimum Gasteiger partial charge on any atom is -0.507 e. The molecule has 0 spiro atoms. The Balaban J connectivity index is 0.000000114. The lowest BCUT2D eigenvalue weighted by molar-refractivity contribution is -0.163. The van der Waals surface area contributed by atoms with Gasteiger partial charge in [-0.25, -0.2) is 24.4 Å². The Labute approximate surface area is 661 Å². The normalized spacial score (nSPS) is 15.3. The highest BCUT2D eigenvalue weighted by atomic mass is 79.9. The molecule has 23 heteroatoms. The number of fused-ring (bicyclic) bond motifs is 15. The van der Waals surface area contributed by atoms with Crippen LogP contribution in [0.3, 0.4) is 0 Å². The summed E-state index contributed by atoms with van der Waals surface area (Å²) in [6.07, 6.45) is 4.19. The van der Waals surface area contributed by atoms with E-state index in [2.05, 4.69) is 35.9 Å². The van der Waals surface area contributed by atoms with E-state index < -0.39 is 46.4 Å². The number of carbonyl (C=O) groups is 6. The molecule has 4 N–H and O–H groups in total. The minimum atomic E-state index is -1.09. The van der Waals surface area contributed by atoms with E-state index in [9.17, 15) is 53.4 Å². The number of benzene rings is 8. The smallest absolute Gasteiger partial charge is 0.343 e. The molecule has 5 aliphatic rings. The molecular formula is C92H67BrN4O18. The summed E-state index contributed by atoms with van der Waals surface area (Å²) < 4.78 is 39.1. The molecular weight excluding hydrogens is 1530 g/mol. The van der Waals surface area contributed by atoms with Crippen molar-refractivity contribution in [3.63, 3.8) is 0 Å². The average Bonchev–Trinajstić information content (AvgIpc) is 1.75. The summed E-state index contributed by atoms with van der Waals surface area (Å²) in [7, 11) is 4.59. The SMILES string of the molecule is COC1(C)CC(c2ccccc2)c2c(c3ccccc3oc2=O)O1.COCC(c1c(O)c2ccccc2oc1=O)c1c(O)c2ccccc2oc1=O.COc1ccc(C2C(=O)c3ccccc3C2=O)cc1.O=C1C(=O)c2cc3ccc(cc4ccc(cc5nc(cc1n2)C=C5)[nH]4)[nH]3.O=C1c2ccccc2C(=O)C1c1ccc(Br)cc1. The van der Waals surface area contributed by atoms with Gasteiger partial charge in [-0.1, -0.05) is 155 Å². The summed E-state index contributed by atoms with van der Waals surface area (Å²) in [5.74, 6) is -4.45. The van der Waals surface area contributed by atoms with Gasteiger partial charge in [0.25, 0.3) is 11.6 Å². The van der Waals surface area contributed by atoms with Crippen LogP contribution in [0, 0.1) is 0 Å². The quantitative estimate of drug-likeness (QED) is 0.0592. The van der Waals surface area contributed by atoms with Gasteiger partial charge in [-0.15, -0.1) is 0 Å². The van der Waals surface area contributed by atoms with Crippen molar-refractivity contribution < 1.29 is 71.2 Å². The van der Waals surface area contributed by atoms with E-state index in [1.54, 1.807) is 160 Å². The fourth-order valence-corrected chi connectivity index (χ4v) is 14.8. The predicted octanol–water partition coefficient (Wildman–Crippen LogP) is 17.2. The molecule has 6 aromatic heterocycles. The number of ketones is 6. The second-order valence-electron chi connectivity index (χ2n) is 27.4. The Morgan fingerprint density at radius 3 is 1.37 bits per heavy atom. The predicted molar refractivity (Wildman–Crippen MR) is 435 cm³/mol. The number of aromatic nitrogens is 4. The van der Waals surface area contributed by atoms with E-state index in [4.69, 9.17) is 32.2 Å². The van der Waals surface area contributed by atoms with Gasteiger partial charge in [-0.3, -0.25) is 28.8 Å². The van der Waals surface area contributed by atoms with Crippen LogP contribution in [0.1, 0.15) is 144 Å². The molecule has 0 saturated carbocycles. The Kier molecular flexibility index (Phi) is 21.4. The van der Waals surface area contributed by atoms with E-state index in [-0.39, 0.29) is 86.5 Å². The zero-order valence-electron chi connectivity index (χ0n) is 61.7. The zero-order valence-corrected chi connectivity index (χ0v) is 63.3. The van der Waals surface area contributed by atoms with Crippen molar-refractivity contribution in [3.8, 4) is 23.0 Å². The van der Waals surface area contributed by atoms with Crippen LogP contribution in [-0.2, 0) is 9.47 Å². The van der Waals surface area contributed by atoms with Gasteiger partial charge in [0.05, 0.1) is 63.9 Å². The number of carbonyl (C=O) groups excluding carboxylic acids is 6. The molecule has 3 aliphatic heterocycles. The molecule has 8 bridgehead atoms. The number of aromatic amines is 2. The summed E-state index contributed by atoms with van der Waals surface area (Å²) in [5, 5.41) is 22.9. The van der Waals surface area contributed by atoms with Crippen molar-refractivity contribution in [2.75, 3.05) is 27.9 Å². The summed E-state index contributed by atoms with van der Waals surface area (Å²) in [6.45, 7) is 1.74. The second-order valence-corrected chi connectivity index (χ2v) is 28.3. The fraction of sp³-hybridized carbons (Fsp3) is 0.120. The number of H-pyrrole nitrogens is 2. The monoisotopic (exact) mass is 1590 g/mol. The van der Waals surface area contributed by atoms with E-state index in [0.717, 1.165) is 43.2 Å². The van der Waals surface area contributed by atoms with Gasteiger partial charge in [0.1, 0.15) is 63.0 Å². The first kappa shape index (κ1) is 76.2. The molecule has 570 valence electrons. The maximum atomic E-state index is 12.7. The number of para-hydroxylation sites is 3. The molecule has 0 radical (unpaired) electrons. The number of ether oxygens (including phenoxy) is 4. The van der Waals surface area contributed by atoms with Gasteiger partial charge in [-0.2, -0.15) is 0 Å². The Hall–Kier alpha value is -14.1. The van der Waals surface area contributed by atoms with Crippen LogP contribution in [0.4, 0.5) is 0 Å². The number of methoxy groups -OCH3 is 3. The Bertz CT molecular complexity index is 6490. The van der Waals surface area contributed by atoms with Crippen molar-refractivity contribution in [3.05, 3.63) is 363 Å². The number of hydrogen-bond donors (Lipinski definition) is 4. The summed E-state index contributed by atoms with van der Waals surface area (Å²) in [5.41, 5.74) is 8.79. The van der Waals surface area contributed by atoms with Crippen molar-refractivity contribution in [2.45, 2.75) is 42.8 Å². The summed E-state index contributed by atoms with van der Waals surface area (Å²) in [6, 6.07) is 73.4. The lowest BCUT2D eigenvalue weighted by atomic mass is 9.83. The van der Waals surface area contributed by atoms with E-state index in [1.807, 2.05) is 122 Å². The molecule has 2 unspecified atom stereocenters. The maximum Gasteiger partial charge on any atom is 0.343 e. The van der Waals surface area contributed by atoms with E-state index >= 15 is 0 Å². The largest absolute Gasteiger partial charge is 0.507 e. The van der Waals surface area contributed by atoms with Gasteiger partial charge >= 0.3 is 16.9 Å². The number of rotatable bonds is 9. The van der Waals surface area contributed by atoms with Gasteiger partial charge in [0.2, 0.25) is 5.79 Å². The van der Waals surface area contributed by atoms with Crippen LogP contribution in [0.2, 0.25) is 0 Å². The first-order chi connectivity index (χ1) is 55.7. The highest BCUT2D eigenvalue weighted by Gasteiger charge is 2.43. The maximum absolute atomic E-state index is 12.7. The first-order valence-electron chi connectivity index (χ1n) is 36.2. The minimum absolute atomic E-state index is 0.0991. The van der Waals surface area contributed by atoms with Crippen molar-refractivity contribution in [1.29, 1.82) is 0 Å². The Morgan fingerprint density at radius 1 is 0.461 bits per heavy atom. The van der Waals surface area contributed by atoms with Crippen molar-refractivity contribution >= 4 is 118 Å². The summed E-state index contributed by atoms with van der Waals surface area (Å²) >= 11 is 3.34. The molecule has 19 rings (SSSR count). The van der Waals surface area contributed by atoms with Gasteiger partial charge in [0, 0.05) is 82.3 Å². The van der Waals surface area contributed by atoms with Crippen LogP contribution < -0.4 is 26.4 Å². The molecule has 115 heavy (non-hydrogen) atoms. The number of halogens is 1. The topological polar surface area (TPSA) is 328 Å². The highest BCUT2D eigenvalue weighted by Crippen LogP contribution is 2.47. The summed E-state index contributed by atoms with van der Waals surface area (Å²) in [4.78, 5) is 127. The first-order valence-corrected chi connectivity index (χ1v) is 37.0. The van der Waals surface area contributed by atoms with Gasteiger partial charge < -0.3 is 52.4 Å². The molecule has 0 fully saturated rings. The lowest BCUT2D eigenvalue weighted by Gasteiger charge is -2.38. The molecule has 2 atom stereocenters. The number of nitrogens with one attached hydrogen (secondary N) is 2. The van der Waals surface area contributed by atoms with Crippen molar-refractivity contribution in [2.24, 2.45) is 0 Å². The lowest BCUT2D eigenvalue weighted by Crippen LogP contribution is -2.41. The molecule has 0 amide bonds. The number of nitrogens with zero attached hydrogens (tertiary/aromatic N) is 2. The van der Waals surface area contributed by atoms with E-state index in [0.29, 0.717) is 78.9 Å². The molecule has 14 aromatic rings. The third-order valence-corrected chi connectivity index (χ3v) is 20.7. The van der Waals surface area contributed by atoms with Gasteiger partial charge in [-0.05, 0) is 138 Å². The molecule has 0 saturated heterocycles. The van der Waals surface area contributed by atoms with E-state index in [1.165, 1.54) is 7.11 Å². The van der Waals surface area contributed by atoms with Crippen LogP contribution in [0.15, 0.2) is 281 Å². The molecule has 2 aliphatic carbocycles. The average molecular weight is 1600 g/mol. The molecule has 8 aromatic carbocycles. The second kappa shape index (κ2) is 32.3. The van der Waals surface area contributed by atoms with Crippen molar-refractivity contribution in [1.82, 2.24) is 19.9 Å². The molecule has 9 heterocycles. The highest BCUT2D eigenvalue weighted by molar-refractivity contribution is 9.10. The van der Waals surface area contributed by atoms with Crippen LogP contribution >= 0.6 is 15.9 Å². The Morgan fingerprint density at radius 2 is 0.878 bits per heavy atom. The van der Waals surface area contributed by atoms with Crippen LogP contribution in [0.25, 0.3) is 67.1 Å². The van der Waals surface area contributed by atoms with Crippen LogP contribution in [0.5, 0.6) is 23.0 Å². The number of hydrogen-bond acceptors (Lipinski definition) is 20. The molecule has 22 nitrogen and oxygen atoms in total. The zero-order chi connectivity index (χ0) is 80.3. The van der Waals surface area contributed by atoms with Gasteiger partial charge in [0.15, 0.2) is 23.1 Å². The fourth-order valence-electron chi connectivity index (χ4n) is 14.5. The third kappa shape index (κ3) is 15.3. The number of Topliss-reactive ketones (excluding diaryl/α,β-unsaturated/α-hetero) is 6. The number of aromatic hydroxyl groups is 2. The third-order valence-electron chi connectivity index (χ3n) is 20.2. The standard InChI is InChI=1S/C21H16O7.C20H12N4O2.C20H18O4.C16H12O3.C15H9BrO2/c1-26-10-13(16-18(22)11-6-2-4-8-14(11)27-20(16)24)17-19(23)12-7-3-5-9-15(12)28-21(17)25;25-19-17-9-15-5-3-13(22-15)7-11-1-2-12(21-11)8-14-4-6-16(23-14)10-18(24-17)20(19)26;1-20(22-2)12-15(13-8-4-3-5-9-13)17-18(24-20)14-10-6-7-11-16(14)23-19(17)21;1-19-11-8-6-10(7-9-11)14-15(17)12-4-2-3-5-13(12)16(14)18;16-10-7-5-9(6-8-10)13-14(17)11-3-1-2-4-12(11)15(13)18/h2-9,13,22-23H,10H2,1H3;1-10,21-22H;3-11,15H,12H2,1-2H3;2-9,14H,1H3;1-8,13H. The van der Waals surface area contributed by atoms with Crippen LogP contribution in [-0.4, -0.2) is 98.6 Å².